The molecule has 0 aromatic carbocycles. The van der Waals surface area contributed by atoms with E-state index in [2.05, 4.69) is 41.0 Å². The average molecular weight is 320 g/mol. The largest absolute Gasteiger partial charge is 0.375 e. The molecule has 1 fully saturated rings. The van der Waals surface area contributed by atoms with Gasteiger partial charge in [-0.2, -0.15) is 0 Å². The minimum atomic E-state index is -0.0215. The van der Waals surface area contributed by atoms with E-state index in [1.807, 2.05) is 12.4 Å². The first-order chi connectivity index (χ1) is 10.8. The number of morpholine rings is 1. The third kappa shape index (κ3) is 5.88. The number of carbonyl (C=O) groups is 1. The minimum absolute atomic E-state index is 0.00810. The van der Waals surface area contributed by atoms with Crippen LogP contribution in [0.2, 0.25) is 0 Å². The number of rotatable bonds is 5. The summed E-state index contributed by atoms with van der Waals surface area (Å²) in [7, 11) is 0. The van der Waals surface area contributed by atoms with Gasteiger partial charge in [0.05, 0.1) is 12.7 Å². The molecule has 0 aliphatic carbocycles. The molecule has 0 spiro atoms. The van der Waals surface area contributed by atoms with Crippen molar-refractivity contribution in [3.8, 4) is 0 Å². The molecule has 23 heavy (non-hydrogen) atoms. The van der Waals surface area contributed by atoms with Crippen molar-refractivity contribution in [2.75, 3.05) is 26.2 Å². The van der Waals surface area contributed by atoms with Gasteiger partial charge in [0.15, 0.2) is 0 Å². The van der Waals surface area contributed by atoms with E-state index >= 15 is 0 Å². The van der Waals surface area contributed by atoms with E-state index in [1.54, 1.807) is 0 Å². The lowest BCUT2D eigenvalue weighted by Crippen LogP contribution is -2.43. The van der Waals surface area contributed by atoms with Crippen LogP contribution in [-0.4, -0.2) is 53.1 Å². The molecule has 1 unspecified atom stereocenters. The summed E-state index contributed by atoms with van der Waals surface area (Å²) in [6.45, 7) is 11.9. The summed E-state index contributed by atoms with van der Waals surface area (Å²) in [5, 5.41) is 2.82. The van der Waals surface area contributed by atoms with Crippen molar-refractivity contribution in [2.45, 2.75) is 52.2 Å². The standard InChI is InChI=1S/C17H28N4O2/c1-13(22)18-6-5-15-12-21(7-8-23-15)11-14-9-19-16(20-10-14)17(2,3)4/h9-10,15H,5-8,11-12H2,1-4H3,(H,18,22). The SMILES string of the molecule is CC(=O)NCCC1CN(Cc2cnc(C(C)(C)C)nc2)CCO1. The molecule has 1 aliphatic heterocycles. The number of hydrogen-bond donors (Lipinski definition) is 1. The molecule has 1 amide bonds. The van der Waals surface area contributed by atoms with Gasteiger partial charge in [0.2, 0.25) is 5.91 Å². The first-order valence-corrected chi connectivity index (χ1v) is 8.24. The molecule has 1 N–H and O–H groups in total. The van der Waals surface area contributed by atoms with Crippen LogP contribution in [0.4, 0.5) is 0 Å². The topological polar surface area (TPSA) is 67.4 Å². The van der Waals surface area contributed by atoms with Crippen molar-refractivity contribution in [1.29, 1.82) is 0 Å². The zero-order chi connectivity index (χ0) is 16.9. The second kappa shape index (κ2) is 7.84. The number of carbonyl (C=O) groups excluding carboxylic acids is 1. The maximum absolute atomic E-state index is 10.9. The highest BCUT2D eigenvalue weighted by molar-refractivity contribution is 5.72. The van der Waals surface area contributed by atoms with Gasteiger partial charge in [-0.1, -0.05) is 20.8 Å². The van der Waals surface area contributed by atoms with E-state index in [1.165, 1.54) is 6.92 Å². The van der Waals surface area contributed by atoms with Gasteiger partial charge in [-0.15, -0.1) is 0 Å². The fourth-order valence-corrected chi connectivity index (χ4v) is 2.59. The normalized spacial score (nSPS) is 19.6. The first-order valence-electron chi connectivity index (χ1n) is 8.24. The molecule has 6 heteroatoms. The molecule has 0 bridgehead atoms. The zero-order valence-electron chi connectivity index (χ0n) is 14.6. The molecule has 1 aromatic rings. The van der Waals surface area contributed by atoms with Gasteiger partial charge in [-0.05, 0) is 6.42 Å². The molecule has 1 aliphatic rings. The van der Waals surface area contributed by atoms with E-state index in [9.17, 15) is 4.79 Å². The highest BCUT2D eigenvalue weighted by Crippen LogP contribution is 2.18. The fourth-order valence-electron chi connectivity index (χ4n) is 2.59. The molecule has 0 saturated carbocycles. The maximum Gasteiger partial charge on any atom is 0.216 e. The van der Waals surface area contributed by atoms with E-state index < -0.39 is 0 Å². The van der Waals surface area contributed by atoms with Crippen molar-refractivity contribution in [3.63, 3.8) is 0 Å². The van der Waals surface area contributed by atoms with Gasteiger partial charge >= 0.3 is 0 Å². The molecule has 2 rings (SSSR count). The van der Waals surface area contributed by atoms with Crippen LogP contribution < -0.4 is 5.32 Å². The van der Waals surface area contributed by atoms with Crippen LogP contribution in [-0.2, 0) is 21.5 Å². The van der Waals surface area contributed by atoms with Crippen molar-refractivity contribution in [3.05, 3.63) is 23.8 Å². The van der Waals surface area contributed by atoms with Crippen molar-refractivity contribution < 1.29 is 9.53 Å². The molecule has 6 nitrogen and oxygen atoms in total. The summed E-state index contributed by atoms with van der Waals surface area (Å²) in [5.41, 5.74) is 1.10. The van der Waals surface area contributed by atoms with E-state index in [-0.39, 0.29) is 17.4 Å². The predicted octanol–water partition coefficient (Wildman–Crippen LogP) is 1.50. The number of nitrogens with zero attached hydrogens (tertiary/aromatic N) is 3. The van der Waals surface area contributed by atoms with E-state index in [4.69, 9.17) is 4.74 Å². The number of aromatic nitrogens is 2. The van der Waals surface area contributed by atoms with Gasteiger partial charge in [-0.25, -0.2) is 9.97 Å². The second-order valence-corrected chi connectivity index (χ2v) is 7.16. The van der Waals surface area contributed by atoms with E-state index in [0.717, 1.165) is 44.0 Å². The van der Waals surface area contributed by atoms with Crippen LogP contribution in [0, 0.1) is 0 Å². The fraction of sp³-hybridized carbons (Fsp3) is 0.706. The lowest BCUT2D eigenvalue weighted by molar-refractivity contribution is -0.119. The molecule has 1 aromatic heterocycles. The Morgan fingerprint density at radius 2 is 2.09 bits per heavy atom. The third-order valence-corrected chi connectivity index (χ3v) is 3.85. The number of amides is 1. The number of ether oxygens (including phenoxy) is 1. The van der Waals surface area contributed by atoms with Crippen LogP contribution in [0.5, 0.6) is 0 Å². The van der Waals surface area contributed by atoms with Gasteiger partial charge in [0.25, 0.3) is 0 Å². The molecule has 1 atom stereocenters. The Kier molecular flexibility index (Phi) is 6.07. The first kappa shape index (κ1) is 17.8. The van der Waals surface area contributed by atoms with Crippen molar-refractivity contribution >= 4 is 5.91 Å². The van der Waals surface area contributed by atoms with Crippen molar-refractivity contribution in [2.24, 2.45) is 0 Å². The highest BCUT2D eigenvalue weighted by atomic mass is 16.5. The summed E-state index contributed by atoms with van der Waals surface area (Å²) in [4.78, 5) is 22.2. The Morgan fingerprint density at radius 3 is 2.70 bits per heavy atom. The van der Waals surface area contributed by atoms with Gasteiger partial charge < -0.3 is 10.1 Å². The van der Waals surface area contributed by atoms with Gasteiger partial charge in [0.1, 0.15) is 5.82 Å². The lowest BCUT2D eigenvalue weighted by atomic mass is 9.96. The molecule has 128 valence electrons. The summed E-state index contributed by atoms with van der Waals surface area (Å²) in [6, 6.07) is 0. The van der Waals surface area contributed by atoms with Crippen LogP contribution in [0.3, 0.4) is 0 Å². The molecule has 1 saturated heterocycles. The monoisotopic (exact) mass is 320 g/mol. The molecular formula is C17H28N4O2. The molecule has 2 heterocycles. The Hall–Kier alpha value is -1.53. The zero-order valence-corrected chi connectivity index (χ0v) is 14.6. The molecule has 0 radical (unpaired) electrons. The lowest BCUT2D eigenvalue weighted by Gasteiger charge is -2.33. The van der Waals surface area contributed by atoms with Crippen LogP contribution >= 0.6 is 0 Å². The second-order valence-electron chi connectivity index (χ2n) is 7.16. The number of nitrogens with one attached hydrogen (secondary N) is 1. The van der Waals surface area contributed by atoms with Crippen LogP contribution in [0.1, 0.15) is 45.5 Å². The summed E-state index contributed by atoms with van der Waals surface area (Å²) in [5.74, 6) is 0.880. The Balaban J connectivity index is 1.83. The smallest absolute Gasteiger partial charge is 0.216 e. The van der Waals surface area contributed by atoms with Gasteiger partial charge in [-0.3, -0.25) is 9.69 Å². The Morgan fingerprint density at radius 1 is 1.39 bits per heavy atom. The summed E-state index contributed by atoms with van der Waals surface area (Å²) >= 11 is 0. The van der Waals surface area contributed by atoms with Crippen LogP contribution in [0.25, 0.3) is 0 Å². The van der Waals surface area contributed by atoms with Crippen molar-refractivity contribution in [1.82, 2.24) is 20.2 Å². The molecular weight excluding hydrogens is 292 g/mol. The Bertz CT molecular complexity index is 510. The van der Waals surface area contributed by atoms with Gasteiger partial charge in [0, 0.05) is 56.5 Å². The Labute approximate surface area is 138 Å². The summed E-state index contributed by atoms with van der Waals surface area (Å²) in [6.07, 6.45) is 4.87. The van der Waals surface area contributed by atoms with Crippen LogP contribution in [0.15, 0.2) is 12.4 Å². The van der Waals surface area contributed by atoms with E-state index in [0.29, 0.717) is 6.54 Å². The summed E-state index contributed by atoms with van der Waals surface area (Å²) < 4.78 is 5.77. The highest BCUT2D eigenvalue weighted by Gasteiger charge is 2.21. The number of hydrogen-bond acceptors (Lipinski definition) is 5. The minimum Gasteiger partial charge on any atom is -0.375 e. The average Bonchev–Trinajstić information content (AvgIpc) is 2.47. The quantitative estimate of drug-likeness (QED) is 0.890. The third-order valence-electron chi connectivity index (χ3n) is 3.85. The maximum atomic E-state index is 10.9. The predicted molar refractivity (Wildman–Crippen MR) is 89.0 cm³/mol.